The average molecular weight is 683 g/mol. The van der Waals surface area contributed by atoms with Crippen molar-refractivity contribution >= 4 is 27.3 Å². The number of nitrogens with one attached hydrogen (secondary N) is 1. The number of hydrogen-bond acceptors (Lipinski definition) is 9. The van der Waals surface area contributed by atoms with Gasteiger partial charge < -0.3 is 29.2 Å². The first-order valence-electron chi connectivity index (χ1n) is 16.7. The molecule has 1 saturated heterocycles. The molecule has 2 aliphatic rings. The summed E-state index contributed by atoms with van der Waals surface area (Å²) in [6.45, 7) is 9.71. The van der Waals surface area contributed by atoms with Crippen molar-refractivity contribution in [3.8, 4) is 11.5 Å². The van der Waals surface area contributed by atoms with E-state index in [4.69, 9.17) is 18.9 Å². The van der Waals surface area contributed by atoms with Crippen LogP contribution >= 0.6 is 11.8 Å². The van der Waals surface area contributed by atoms with Crippen LogP contribution in [0, 0.1) is 6.92 Å². The van der Waals surface area contributed by atoms with Crippen molar-refractivity contribution in [1.29, 1.82) is 0 Å². The summed E-state index contributed by atoms with van der Waals surface area (Å²) in [5.74, 6) is 2.61. The van der Waals surface area contributed by atoms with Gasteiger partial charge in [0.15, 0.2) is 5.44 Å². The molecule has 0 aliphatic carbocycles. The second kappa shape index (κ2) is 16.6. The predicted octanol–water partition coefficient (Wildman–Crippen LogP) is 6.77. The third-order valence-corrected chi connectivity index (χ3v) is 12.1. The Hall–Kier alpha value is -2.76. The lowest BCUT2D eigenvalue weighted by atomic mass is 9.83. The minimum Gasteiger partial charge on any atom is -0.497 e. The summed E-state index contributed by atoms with van der Waals surface area (Å²) >= 11 is 1.97. The van der Waals surface area contributed by atoms with Gasteiger partial charge in [0.2, 0.25) is 9.84 Å². The Kier molecular flexibility index (Phi) is 12.5. The van der Waals surface area contributed by atoms with Crippen LogP contribution in [0.3, 0.4) is 0 Å². The Morgan fingerprint density at radius 2 is 1.83 bits per heavy atom. The number of fused-ring (bicyclic) bond motifs is 1. The lowest BCUT2D eigenvalue weighted by molar-refractivity contribution is -0.00660. The maximum atomic E-state index is 14.6. The monoisotopic (exact) mass is 682 g/mol. The molecule has 10 heteroatoms. The van der Waals surface area contributed by atoms with Gasteiger partial charge in [-0.1, -0.05) is 49.7 Å². The van der Waals surface area contributed by atoms with Crippen molar-refractivity contribution in [1.82, 2.24) is 5.32 Å². The number of anilines is 1. The number of piperidine rings is 1. The maximum absolute atomic E-state index is 14.6. The van der Waals surface area contributed by atoms with E-state index in [2.05, 4.69) is 36.2 Å². The van der Waals surface area contributed by atoms with Gasteiger partial charge in [-0.2, -0.15) is 11.8 Å². The van der Waals surface area contributed by atoms with Crippen molar-refractivity contribution in [2.75, 3.05) is 57.7 Å². The average Bonchev–Trinajstić information content (AvgIpc) is 3.08. The minimum absolute atomic E-state index is 0.00629. The van der Waals surface area contributed by atoms with Crippen LogP contribution in [0.2, 0.25) is 0 Å². The number of hydrogen-bond donors (Lipinski definition) is 1. The standard InChI is InChI=1S/C37H50N2O6S2/c1-6-46-27(3)22-30-24-33(28-10-13-31(43-5)14-11-28)36(25-38-30)45-37(47(40,41)32-15-8-26(2)9-16-32)29-12-17-35-34(23-29)39(19-21-44-35)18-7-20-42-4/h8-17,23,27,30,33,36-38H,6-7,18-22,24-25H2,1-5H3/t27-,30+,33-,36+,37?/m1/s1. The number of aryl methyl sites for hydroxylation is 1. The van der Waals surface area contributed by atoms with Gasteiger partial charge in [0.1, 0.15) is 18.1 Å². The third kappa shape index (κ3) is 8.83. The zero-order valence-electron chi connectivity index (χ0n) is 28.3. The van der Waals surface area contributed by atoms with Crippen LogP contribution < -0.4 is 19.7 Å². The molecular weight excluding hydrogens is 633 g/mol. The second-order valence-electron chi connectivity index (χ2n) is 12.5. The number of benzene rings is 3. The SMILES string of the molecule is CCS[C@H](C)C[C@H]1C[C@H](c2ccc(OC)cc2)[C@@H](OC(c2ccc3c(c2)N(CCCOC)CCO3)S(=O)(=O)c2ccc(C)cc2)CN1. The normalized spacial score (nSPS) is 21.0. The van der Waals surface area contributed by atoms with Crippen molar-refractivity contribution < 1.29 is 27.4 Å². The van der Waals surface area contributed by atoms with Crippen molar-refractivity contribution in [2.45, 2.75) is 73.7 Å². The van der Waals surface area contributed by atoms with Crippen LogP contribution in [0.4, 0.5) is 5.69 Å². The molecule has 47 heavy (non-hydrogen) atoms. The van der Waals surface area contributed by atoms with Crippen molar-refractivity contribution in [3.63, 3.8) is 0 Å². The molecule has 0 aromatic heterocycles. The number of nitrogens with zero attached hydrogens (tertiary/aromatic N) is 1. The lowest BCUT2D eigenvalue weighted by Gasteiger charge is -2.40. The van der Waals surface area contributed by atoms with E-state index < -0.39 is 15.3 Å². The number of sulfone groups is 1. The fourth-order valence-electron chi connectivity index (χ4n) is 6.65. The Morgan fingerprint density at radius 1 is 1.06 bits per heavy atom. The van der Waals surface area contributed by atoms with E-state index in [-0.39, 0.29) is 16.9 Å². The summed E-state index contributed by atoms with van der Waals surface area (Å²) in [6.07, 6.45) is 2.35. The number of rotatable bonds is 15. The minimum atomic E-state index is -3.94. The van der Waals surface area contributed by atoms with Gasteiger partial charge in [0.25, 0.3) is 0 Å². The van der Waals surface area contributed by atoms with E-state index in [0.29, 0.717) is 36.6 Å². The molecule has 1 N–H and O–H groups in total. The fraction of sp³-hybridized carbons (Fsp3) is 0.514. The molecule has 0 radical (unpaired) electrons. The smallest absolute Gasteiger partial charge is 0.209 e. The Labute approximate surface area is 285 Å². The fourth-order valence-corrected chi connectivity index (χ4v) is 9.15. The zero-order valence-corrected chi connectivity index (χ0v) is 29.9. The summed E-state index contributed by atoms with van der Waals surface area (Å²) in [7, 11) is -0.576. The lowest BCUT2D eigenvalue weighted by Crippen LogP contribution is -2.48. The van der Waals surface area contributed by atoms with Gasteiger partial charge in [-0.25, -0.2) is 8.42 Å². The summed E-state index contributed by atoms with van der Waals surface area (Å²) in [6, 6.07) is 21.1. The molecule has 2 heterocycles. The van der Waals surface area contributed by atoms with Crippen molar-refractivity contribution in [2.24, 2.45) is 0 Å². The topological polar surface area (TPSA) is 86.3 Å². The summed E-state index contributed by atoms with van der Waals surface area (Å²) in [4.78, 5) is 2.49. The second-order valence-corrected chi connectivity index (χ2v) is 16.2. The Morgan fingerprint density at radius 3 is 2.53 bits per heavy atom. The van der Waals surface area contributed by atoms with Crippen LogP contribution in [-0.4, -0.2) is 78.6 Å². The molecule has 256 valence electrons. The van der Waals surface area contributed by atoms with Gasteiger partial charge in [-0.15, -0.1) is 0 Å². The molecule has 1 unspecified atom stereocenters. The molecule has 3 aromatic carbocycles. The Balaban J connectivity index is 1.52. The largest absolute Gasteiger partial charge is 0.497 e. The van der Waals surface area contributed by atoms with Crippen LogP contribution in [0.1, 0.15) is 61.2 Å². The molecular formula is C37H50N2O6S2. The molecule has 0 bridgehead atoms. The van der Waals surface area contributed by atoms with E-state index >= 15 is 0 Å². The number of ether oxygens (including phenoxy) is 4. The molecule has 0 spiro atoms. The summed E-state index contributed by atoms with van der Waals surface area (Å²) in [5.41, 5.74) is 2.38. The summed E-state index contributed by atoms with van der Waals surface area (Å²) < 4.78 is 52.8. The molecule has 0 saturated carbocycles. The van der Waals surface area contributed by atoms with Gasteiger partial charge >= 0.3 is 0 Å². The van der Waals surface area contributed by atoms with E-state index in [0.717, 1.165) is 66.4 Å². The third-order valence-electron chi connectivity index (χ3n) is 9.13. The van der Waals surface area contributed by atoms with Crippen LogP contribution in [0.5, 0.6) is 11.5 Å². The molecule has 3 aromatic rings. The van der Waals surface area contributed by atoms with E-state index in [9.17, 15) is 8.42 Å². The quantitative estimate of drug-likeness (QED) is 0.175. The van der Waals surface area contributed by atoms with E-state index in [1.165, 1.54) is 0 Å². The van der Waals surface area contributed by atoms with Gasteiger partial charge in [-0.3, -0.25) is 0 Å². The molecule has 1 fully saturated rings. The van der Waals surface area contributed by atoms with Crippen LogP contribution in [0.25, 0.3) is 0 Å². The highest BCUT2D eigenvalue weighted by Gasteiger charge is 2.39. The maximum Gasteiger partial charge on any atom is 0.209 e. The van der Waals surface area contributed by atoms with Crippen molar-refractivity contribution in [3.05, 3.63) is 83.4 Å². The molecule has 0 amide bonds. The number of thioether (sulfide) groups is 1. The first kappa shape index (κ1) is 35.5. The molecule has 5 rings (SSSR count). The van der Waals surface area contributed by atoms with Gasteiger partial charge in [-0.05, 0) is 79.5 Å². The zero-order chi connectivity index (χ0) is 33.4. The van der Waals surface area contributed by atoms with Crippen LogP contribution in [0.15, 0.2) is 71.6 Å². The molecule has 8 nitrogen and oxygen atoms in total. The first-order valence-corrected chi connectivity index (χ1v) is 19.3. The predicted molar refractivity (Wildman–Crippen MR) is 191 cm³/mol. The first-order chi connectivity index (χ1) is 22.7. The highest BCUT2D eigenvalue weighted by atomic mass is 32.2. The molecule has 5 atom stereocenters. The highest BCUT2D eigenvalue weighted by Crippen LogP contribution is 2.42. The van der Waals surface area contributed by atoms with Crippen LogP contribution in [-0.2, 0) is 19.3 Å². The summed E-state index contributed by atoms with van der Waals surface area (Å²) in [5, 5.41) is 4.24. The molecule has 2 aliphatic heterocycles. The van der Waals surface area contributed by atoms with Gasteiger partial charge in [0, 0.05) is 44.0 Å². The Bertz CT molecular complexity index is 1530. The van der Waals surface area contributed by atoms with E-state index in [1.54, 1.807) is 26.4 Å². The van der Waals surface area contributed by atoms with E-state index in [1.807, 2.05) is 61.2 Å². The highest BCUT2D eigenvalue weighted by molar-refractivity contribution is 7.99. The van der Waals surface area contributed by atoms with Gasteiger partial charge in [0.05, 0.1) is 30.3 Å². The number of methoxy groups -OCH3 is 2.